The molecule has 2 N–H and O–H groups in total. The van der Waals surface area contributed by atoms with E-state index in [1.165, 1.54) is 0 Å². The Kier molecular flexibility index (Phi) is 5.46. The highest BCUT2D eigenvalue weighted by Crippen LogP contribution is 2.12. The Morgan fingerprint density at radius 1 is 1.11 bits per heavy atom. The van der Waals surface area contributed by atoms with Crippen LogP contribution in [0.5, 0.6) is 0 Å². The molecule has 8 nitrogen and oxygen atoms in total. The first-order valence-electron chi connectivity index (χ1n) is 8.42. The van der Waals surface area contributed by atoms with Crippen molar-refractivity contribution >= 4 is 17.6 Å². The molecular formula is C19H18N4O4. The smallest absolute Gasteiger partial charge is 0.348 e. The van der Waals surface area contributed by atoms with E-state index in [1.54, 1.807) is 48.5 Å². The summed E-state index contributed by atoms with van der Waals surface area (Å²) in [5.74, 6) is -1.10. The van der Waals surface area contributed by atoms with Crippen LogP contribution in [-0.4, -0.2) is 33.2 Å². The Labute approximate surface area is 154 Å². The van der Waals surface area contributed by atoms with Gasteiger partial charge in [0.1, 0.15) is 0 Å². The molecule has 0 aliphatic heterocycles. The monoisotopic (exact) mass is 366 g/mol. The van der Waals surface area contributed by atoms with Crippen LogP contribution in [0.3, 0.4) is 0 Å². The van der Waals surface area contributed by atoms with Gasteiger partial charge in [0.15, 0.2) is 0 Å². The minimum Gasteiger partial charge on any atom is -0.462 e. The highest BCUT2D eigenvalue weighted by atomic mass is 16.5. The number of rotatable bonds is 6. The van der Waals surface area contributed by atoms with Crippen LogP contribution in [0.1, 0.15) is 34.3 Å². The number of H-pyrrole nitrogens is 1. The predicted molar refractivity (Wildman–Crippen MR) is 99.2 cm³/mol. The largest absolute Gasteiger partial charge is 0.462 e. The number of para-hydroxylation sites is 1. The van der Waals surface area contributed by atoms with Gasteiger partial charge in [-0.25, -0.2) is 9.59 Å². The summed E-state index contributed by atoms with van der Waals surface area (Å²) in [4.78, 5) is 38.5. The van der Waals surface area contributed by atoms with E-state index in [9.17, 15) is 14.4 Å². The maximum Gasteiger partial charge on any atom is 0.348 e. The fraction of sp³-hybridized carbons (Fsp3) is 0.158. The number of anilines is 1. The molecule has 138 valence electrons. The lowest BCUT2D eigenvalue weighted by molar-refractivity contribution is 0.0505. The van der Waals surface area contributed by atoms with Crippen molar-refractivity contribution < 1.29 is 14.3 Å². The summed E-state index contributed by atoms with van der Waals surface area (Å²) in [5, 5.41) is 6.64. The van der Waals surface area contributed by atoms with Crippen LogP contribution < -0.4 is 11.0 Å². The van der Waals surface area contributed by atoms with Gasteiger partial charge in [-0.1, -0.05) is 25.1 Å². The van der Waals surface area contributed by atoms with Crippen LogP contribution in [-0.2, 0) is 4.74 Å². The van der Waals surface area contributed by atoms with E-state index in [2.05, 4.69) is 15.4 Å². The van der Waals surface area contributed by atoms with Crippen molar-refractivity contribution in [1.29, 1.82) is 0 Å². The van der Waals surface area contributed by atoms with Crippen LogP contribution in [0.15, 0.2) is 59.4 Å². The summed E-state index contributed by atoms with van der Waals surface area (Å²) in [7, 11) is 0. The number of nitrogens with zero attached hydrogens (tertiary/aromatic N) is 2. The number of aromatic nitrogens is 3. The van der Waals surface area contributed by atoms with Crippen LogP contribution in [0, 0.1) is 0 Å². The molecule has 3 rings (SSSR count). The summed E-state index contributed by atoms with van der Waals surface area (Å²) in [6, 6.07) is 15.0. The summed E-state index contributed by atoms with van der Waals surface area (Å²) in [5.41, 5.74) is 0.887. The van der Waals surface area contributed by atoms with E-state index in [-0.39, 0.29) is 5.82 Å². The number of carbonyl (C=O) groups excluding carboxylic acids is 2. The van der Waals surface area contributed by atoms with Gasteiger partial charge in [-0.3, -0.25) is 9.78 Å². The van der Waals surface area contributed by atoms with E-state index in [4.69, 9.17) is 4.74 Å². The summed E-state index contributed by atoms with van der Waals surface area (Å²) in [6.45, 7) is 2.27. The second kappa shape index (κ2) is 8.13. The molecule has 0 radical (unpaired) electrons. The molecule has 1 heterocycles. The number of hydrogen-bond donors (Lipinski definition) is 2. The maximum atomic E-state index is 12.3. The fourth-order valence-electron chi connectivity index (χ4n) is 2.33. The van der Waals surface area contributed by atoms with Gasteiger partial charge in [0.05, 0.1) is 17.9 Å². The van der Waals surface area contributed by atoms with Crippen LogP contribution >= 0.6 is 0 Å². The molecule has 2 aromatic carbocycles. The molecule has 0 unspecified atom stereocenters. The zero-order valence-electron chi connectivity index (χ0n) is 14.6. The van der Waals surface area contributed by atoms with Gasteiger partial charge in [-0.2, -0.15) is 4.68 Å². The van der Waals surface area contributed by atoms with E-state index in [0.29, 0.717) is 23.5 Å². The minimum absolute atomic E-state index is 0.115. The molecule has 1 aromatic heterocycles. The Bertz CT molecular complexity index is 991. The third-order valence-electron chi connectivity index (χ3n) is 3.65. The second-order valence-electron chi connectivity index (χ2n) is 5.69. The van der Waals surface area contributed by atoms with Gasteiger partial charge in [-0.05, 0) is 42.8 Å². The van der Waals surface area contributed by atoms with E-state index < -0.39 is 17.6 Å². The van der Waals surface area contributed by atoms with Gasteiger partial charge in [0, 0.05) is 5.69 Å². The van der Waals surface area contributed by atoms with E-state index >= 15 is 0 Å². The number of carbonyl (C=O) groups is 2. The first kappa shape index (κ1) is 18.1. The SMILES string of the molecule is CCCOC(=O)c1ccc(NC(=O)c2nn(-c3ccccc3)c(=O)[nH]2)cc1. The molecule has 27 heavy (non-hydrogen) atoms. The molecule has 0 aliphatic carbocycles. The standard InChI is InChI=1S/C19H18N4O4/c1-2-12-27-18(25)13-8-10-14(11-9-13)20-17(24)16-21-19(26)23(22-16)15-6-4-3-5-7-15/h3-11H,2,12H2,1H3,(H,20,24)(H,21,22,26). The molecule has 3 aromatic rings. The number of hydrogen-bond acceptors (Lipinski definition) is 5. The van der Waals surface area contributed by atoms with Gasteiger partial charge < -0.3 is 10.1 Å². The molecular weight excluding hydrogens is 348 g/mol. The van der Waals surface area contributed by atoms with Crippen molar-refractivity contribution in [2.75, 3.05) is 11.9 Å². The van der Waals surface area contributed by atoms with Crippen molar-refractivity contribution in [3.05, 3.63) is 76.5 Å². The number of ether oxygens (including phenoxy) is 1. The first-order valence-corrected chi connectivity index (χ1v) is 8.42. The van der Waals surface area contributed by atoms with E-state index in [0.717, 1.165) is 11.1 Å². The molecule has 0 saturated carbocycles. The zero-order valence-corrected chi connectivity index (χ0v) is 14.6. The fourth-order valence-corrected chi connectivity index (χ4v) is 2.33. The van der Waals surface area contributed by atoms with Gasteiger partial charge in [-0.15, -0.1) is 5.10 Å². The molecule has 1 amide bonds. The first-order chi connectivity index (χ1) is 13.1. The third kappa shape index (κ3) is 4.30. The number of nitrogens with one attached hydrogen (secondary N) is 2. The number of benzene rings is 2. The summed E-state index contributed by atoms with van der Waals surface area (Å²) < 4.78 is 6.16. The average molecular weight is 366 g/mol. The van der Waals surface area contributed by atoms with Crippen LogP contribution in [0.25, 0.3) is 5.69 Å². The lowest BCUT2D eigenvalue weighted by Gasteiger charge is -2.05. The number of aromatic amines is 1. The van der Waals surface area contributed by atoms with Gasteiger partial charge in [0.2, 0.25) is 5.82 Å². The second-order valence-corrected chi connectivity index (χ2v) is 5.69. The number of amides is 1. The number of esters is 1. The Morgan fingerprint density at radius 3 is 2.48 bits per heavy atom. The van der Waals surface area contributed by atoms with Crippen molar-refractivity contribution in [1.82, 2.24) is 14.8 Å². The highest BCUT2D eigenvalue weighted by molar-refractivity contribution is 6.01. The van der Waals surface area contributed by atoms with Crippen LogP contribution in [0.2, 0.25) is 0 Å². The maximum absolute atomic E-state index is 12.3. The van der Waals surface area contributed by atoms with Gasteiger partial charge >= 0.3 is 11.7 Å². The predicted octanol–water partition coefficient (Wildman–Crippen LogP) is 2.38. The minimum atomic E-state index is -0.567. The Hall–Kier alpha value is -3.68. The van der Waals surface area contributed by atoms with Crippen molar-refractivity contribution in [2.45, 2.75) is 13.3 Å². The van der Waals surface area contributed by atoms with Crippen molar-refractivity contribution in [2.24, 2.45) is 0 Å². The molecule has 0 bridgehead atoms. The van der Waals surface area contributed by atoms with E-state index in [1.807, 2.05) is 13.0 Å². The summed E-state index contributed by atoms with van der Waals surface area (Å²) in [6.07, 6.45) is 0.744. The molecule has 0 aliphatic rings. The molecule has 0 atom stereocenters. The Morgan fingerprint density at radius 2 is 1.81 bits per heavy atom. The lowest BCUT2D eigenvalue weighted by atomic mass is 10.2. The third-order valence-corrected chi connectivity index (χ3v) is 3.65. The van der Waals surface area contributed by atoms with Crippen molar-refractivity contribution in [3.8, 4) is 5.69 Å². The van der Waals surface area contributed by atoms with Crippen molar-refractivity contribution in [3.63, 3.8) is 0 Å². The molecule has 0 fully saturated rings. The van der Waals surface area contributed by atoms with Gasteiger partial charge in [0.25, 0.3) is 5.91 Å². The highest BCUT2D eigenvalue weighted by Gasteiger charge is 2.15. The summed E-state index contributed by atoms with van der Waals surface area (Å²) >= 11 is 0. The normalized spacial score (nSPS) is 10.4. The molecule has 8 heteroatoms. The quantitative estimate of drug-likeness (QED) is 0.652. The molecule has 0 spiro atoms. The lowest BCUT2D eigenvalue weighted by Crippen LogP contribution is -2.15. The van der Waals surface area contributed by atoms with Crippen LogP contribution in [0.4, 0.5) is 5.69 Å². The topological polar surface area (TPSA) is 106 Å². The average Bonchev–Trinajstić information content (AvgIpc) is 3.09. The molecule has 0 saturated heterocycles. The Balaban J connectivity index is 1.71. The zero-order chi connectivity index (χ0) is 19.2.